The molecule has 4 rings (SSSR count). The number of nitrogens with zero attached hydrogens (tertiary/aromatic N) is 4. The maximum absolute atomic E-state index is 12.6. The van der Waals surface area contributed by atoms with E-state index in [1.807, 2.05) is 28.5 Å². The van der Waals surface area contributed by atoms with Gasteiger partial charge in [0.05, 0.1) is 17.8 Å². The molecule has 2 aliphatic heterocycles. The van der Waals surface area contributed by atoms with Crippen molar-refractivity contribution < 1.29 is 4.79 Å². The molecule has 0 N–H and O–H groups in total. The van der Waals surface area contributed by atoms with Gasteiger partial charge in [-0.05, 0) is 44.0 Å². The number of pyridine rings is 1. The van der Waals surface area contributed by atoms with Gasteiger partial charge in [0.25, 0.3) is 0 Å². The summed E-state index contributed by atoms with van der Waals surface area (Å²) in [5.74, 6) is 1.54. The van der Waals surface area contributed by atoms with Crippen molar-refractivity contribution in [3.05, 3.63) is 35.5 Å². The van der Waals surface area contributed by atoms with Crippen LogP contribution in [0.2, 0.25) is 0 Å². The Kier molecular flexibility index (Phi) is 4.33. The van der Waals surface area contributed by atoms with Crippen LogP contribution >= 0.6 is 11.3 Å². The summed E-state index contributed by atoms with van der Waals surface area (Å²) in [5, 5.41) is 2.87. The highest BCUT2D eigenvalue weighted by atomic mass is 32.1. The van der Waals surface area contributed by atoms with E-state index in [0.717, 1.165) is 42.6 Å². The van der Waals surface area contributed by atoms with Crippen molar-refractivity contribution in [2.24, 2.45) is 11.8 Å². The molecule has 0 aliphatic carbocycles. The van der Waals surface area contributed by atoms with Crippen molar-refractivity contribution in [1.29, 1.82) is 0 Å². The second-order valence-corrected chi connectivity index (χ2v) is 7.76. The Bertz CT molecular complexity index is 717. The molecule has 2 saturated heterocycles. The Hall–Kier alpha value is -1.79. The molecule has 2 aliphatic rings. The van der Waals surface area contributed by atoms with E-state index in [1.54, 1.807) is 17.5 Å². The Morgan fingerprint density at radius 2 is 2.17 bits per heavy atom. The number of carbonyl (C=O) groups excluding carboxylic acids is 1. The first-order chi connectivity index (χ1) is 11.7. The Labute approximate surface area is 146 Å². The lowest BCUT2D eigenvalue weighted by Gasteiger charge is -2.31. The highest BCUT2D eigenvalue weighted by Crippen LogP contribution is 2.31. The monoisotopic (exact) mass is 342 g/mol. The minimum atomic E-state index is 0.213. The number of piperidine rings is 1. The number of hydrogen-bond donors (Lipinski definition) is 0. The van der Waals surface area contributed by atoms with Crippen LogP contribution in [0.25, 0.3) is 10.7 Å². The zero-order valence-electron chi connectivity index (χ0n) is 13.9. The molecule has 0 spiro atoms. The molecule has 2 unspecified atom stereocenters. The van der Waals surface area contributed by atoms with Crippen molar-refractivity contribution in [2.45, 2.75) is 12.8 Å². The Morgan fingerprint density at radius 3 is 3.00 bits per heavy atom. The van der Waals surface area contributed by atoms with Crippen molar-refractivity contribution in [1.82, 2.24) is 19.8 Å². The predicted molar refractivity (Wildman–Crippen MR) is 94.7 cm³/mol. The molecular formula is C18H22N4OS. The van der Waals surface area contributed by atoms with E-state index in [9.17, 15) is 4.79 Å². The van der Waals surface area contributed by atoms with Gasteiger partial charge in [-0.25, -0.2) is 4.98 Å². The molecule has 0 aromatic carbocycles. The third-order valence-corrected chi connectivity index (χ3v) is 6.04. The van der Waals surface area contributed by atoms with Gasteiger partial charge in [0.2, 0.25) is 5.91 Å². The number of rotatable bonds is 3. The molecule has 0 radical (unpaired) electrons. The first-order valence-corrected chi connectivity index (χ1v) is 9.39. The minimum absolute atomic E-state index is 0.213. The number of aromatic nitrogens is 2. The summed E-state index contributed by atoms with van der Waals surface area (Å²) in [6.45, 7) is 4.11. The van der Waals surface area contributed by atoms with E-state index in [-0.39, 0.29) is 5.91 Å². The van der Waals surface area contributed by atoms with Crippen LogP contribution in [0, 0.1) is 11.8 Å². The maximum Gasteiger partial charge on any atom is 0.228 e. The molecule has 4 heterocycles. The second kappa shape index (κ2) is 6.61. The highest BCUT2D eigenvalue weighted by Gasteiger charge is 2.37. The van der Waals surface area contributed by atoms with E-state index >= 15 is 0 Å². The molecule has 1 amide bonds. The largest absolute Gasteiger partial charge is 0.342 e. The van der Waals surface area contributed by atoms with Crippen LogP contribution in [0.15, 0.2) is 29.8 Å². The van der Waals surface area contributed by atoms with Crippen LogP contribution in [0.1, 0.15) is 12.1 Å². The normalized spacial score (nSPS) is 24.1. The average Bonchev–Trinajstić information content (AvgIpc) is 3.22. The summed E-state index contributed by atoms with van der Waals surface area (Å²) in [5.41, 5.74) is 1.73. The third kappa shape index (κ3) is 3.21. The molecule has 2 aromatic rings. The van der Waals surface area contributed by atoms with Crippen molar-refractivity contribution in [2.75, 3.05) is 33.2 Å². The van der Waals surface area contributed by atoms with Crippen LogP contribution in [0.3, 0.4) is 0 Å². The van der Waals surface area contributed by atoms with Gasteiger partial charge in [-0.2, -0.15) is 0 Å². The predicted octanol–water partition coefficient (Wildman–Crippen LogP) is 2.16. The molecule has 126 valence electrons. The number of hydrogen-bond acceptors (Lipinski definition) is 5. The zero-order valence-corrected chi connectivity index (χ0v) is 14.7. The lowest BCUT2D eigenvalue weighted by atomic mass is 9.89. The van der Waals surface area contributed by atoms with Crippen LogP contribution in [-0.2, 0) is 11.2 Å². The average molecular weight is 342 g/mol. The first kappa shape index (κ1) is 15.7. The molecule has 5 nitrogen and oxygen atoms in total. The Balaban J connectivity index is 1.39. The number of fused-ring (bicyclic) bond motifs is 1. The van der Waals surface area contributed by atoms with Gasteiger partial charge in [0.1, 0.15) is 5.01 Å². The zero-order chi connectivity index (χ0) is 16.5. The summed E-state index contributed by atoms with van der Waals surface area (Å²) in [6, 6.07) is 5.80. The smallest absolute Gasteiger partial charge is 0.228 e. The maximum atomic E-state index is 12.6. The van der Waals surface area contributed by atoms with Crippen LogP contribution in [-0.4, -0.2) is 58.9 Å². The van der Waals surface area contributed by atoms with E-state index in [0.29, 0.717) is 18.3 Å². The van der Waals surface area contributed by atoms with Gasteiger partial charge in [-0.1, -0.05) is 6.07 Å². The highest BCUT2D eigenvalue weighted by molar-refractivity contribution is 7.13. The lowest BCUT2D eigenvalue weighted by Crippen LogP contribution is -2.37. The number of likely N-dealkylation sites (tertiary alicyclic amines) is 2. The molecular weight excluding hydrogens is 320 g/mol. The summed E-state index contributed by atoms with van der Waals surface area (Å²) in [6.07, 6.45) is 3.38. The number of carbonyl (C=O) groups is 1. The molecule has 0 bridgehead atoms. The topological polar surface area (TPSA) is 49.3 Å². The fourth-order valence-corrected chi connectivity index (χ4v) is 4.61. The van der Waals surface area contributed by atoms with Gasteiger partial charge in [-0.15, -0.1) is 11.3 Å². The summed E-state index contributed by atoms with van der Waals surface area (Å²) >= 11 is 1.56. The quantitative estimate of drug-likeness (QED) is 0.858. The molecule has 6 heteroatoms. The molecule has 2 fully saturated rings. The summed E-state index contributed by atoms with van der Waals surface area (Å²) < 4.78 is 0. The van der Waals surface area contributed by atoms with Gasteiger partial charge < -0.3 is 9.80 Å². The van der Waals surface area contributed by atoms with Gasteiger partial charge >= 0.3 is 0 Å². The summed E-state index contributed by atoms with van der Waals surface area (Å²) in [7, 11) is 2.18. The van der Waals surface area contributed by atoms with E-state index in [1.165, 1.54) is 6.42 Å². The van der Waals surface area contributed by atoms with Gasteiger partial charge in [0, 0.05) is 31.2 Å². The van der Waals surface area contributed by atoms with Crippen LogP contribution < -0.4 is 0 Å². The molecule has 2 atom stereocenters. The SMILES string of the molecule is CN1CCC2CN(C(=O)Cc3csc(-c4ccccn4)n3)CC2C1. The fraction of sp³-hybridized carbons (Fsp3) is 0.500. The van der Waals surface area contributed by atoms with Crippen LogP contribution in [0.4, 0.5) is 0 Å². The van der Waals surface area contributed by atoms with Crippen LogP contribution in [0.5, 0.6) is 0 Å². The van der Waals surface area contributed by atoms with E-state index < -0.39 is 0 Å². The number of thiazole rings is 1. The van der Waals surface area contributed by atoms with E-state index in [4.69, 9.17) is 0 Å². The van der Waals surface area contributed by atoms with Crippen molar-refractivity contribution >= 4 is 17.2 Å². The third-order valence-electron chi connectivity index (χ3n) is 5.13. The van der Waals surface area contributed by atoms with E-state index in [2.05, 4.69) is 21.9 Å². The summed E-state index contributed by atoms with van der Waals surface area (Å²) in [4.78, 5) is 26.0. The van der Waals surface area contributed by atoms with Crippen molar-refractivity contribution in [3.8, 4) is 10.7 Å². The minimum Gasteiger partial charge on any atom is -0.342 e. The molecule has 24 heavy (non-hydrogen) atoms. The van der Waals surface area contributed by atoms with Gasteiger partial charge in [0.15, 0.2) is 0 Å². The molecule has 0 saturated carbocycles. The fourth-order valence-electron chi connectivity index (χ4n) is 3.82. The first-order valence-electron chi connectivity index (χ1n) is 8.51. The van der Waals surface area contributed by atoms with Gasteiger partial charge in [-0.3, -0.25) is 9.78 Å². The second-order valence-electron chi connectivity index (χ2n) is 6.91. The Morgan fingerprint density at radius 1 is 1.29 bits per heavy atom. The number of amides is 1. The lowest BCUT2D eigenvalue weighted by molar-refractivity contribution is -0.129. The van der Waals surface area contributed by atoms with Crippen molar-refractivity contribution in [3.63, 3.8) is 0 Å². The standard InChI is InChI=1S/C18H22N4OS/c1-21-7-5-13-10-22(11-14(13)9-21)17(23)8-15-12-24-18(20-15)16-4-2-3-6-19-16/h2-4,6,12-14H,5,7-11H2,1H3. The molecule has 2 aromatic heterocycles.